The van der Waals surface area contributed by atoms with Gasteiger partial charge in [0.15, 0.2) is 0 Å². The van der Waals surface area contributed by atoms with E-state index in [4.69, 9.17) is 14.2 Å². The minimum atomic E-state index is -0.432. The number of hydrogen-bond acceptors (Lipinski definition) is 3. The molecule has 3 nitrogen and oxygen atoms in total. The standard InChI is InChI=1S/C8H16FIO3/c9-1-3-11-5-7-13-8-6-12-4-2-10/h1-8H2. The minimum Gasteiger partial charge on any atom is -0.378 e. The number of hydrogen-bond donors (Lipinski definition) is 0. The average molecular weight is 306 g/mol. The molecule has 0 aromatic heterocycles. The predicted octanol–water partition coefficient (Wildman–Crippen LogP) is 1.44. The molecule has 0 radical (unpaired) electrons. The summed E-state index contributed by atoms with van der Waals surface area (Å²) in [4.78, 5) is 0. The number of alkyl halides is 2. The van der Waals surface area contributed by atoms with Gasteiger partial charge in [0.25, 0.3) is 0 Å². The van der Waals surface area contributed by atoms with E-state index in [1.165, 1.54) is 0 Å². The molecule has 0 aromatic rings. The Hall–Kier alpha value is 0.540. The van der Waals surface area contributed by atoms with Gasteiger partial charge in [0.2, 0.25) is 0 Å². The van der Waals surface area contributed by atoms with Crippen molar-refractivity contribution in [2.75, 3.05) is 50.7 Å². The molecule has 0 fully saturated rings. The van der Waals surface area contributed by atoms with Gasteiger partial charge in [0.05, 0.1) is 39.6 Å². The van der Waals surface area contributed by atoms with Gasteiger partial charge in [-0.3, -0.25) is 0 Å². The van der Waals surface area contributed by atoms with Crippen LogP contribution in [0.1, 0.15) is 0 Å². The molecule has 0 saturated carbocycles. The second-order valence-corrected chi connectivity index (χ2v) is 3.29. The first-order valence-electron chi connectivity index (χ1n) is 4.27. The van der Waals surface area contributed by atoms with Gasteiger partial charge >= 0.3 is 0 Å². The highest BCUT2D eigenvalue weighted by Crippen LogP contribution is 1.84. The monoisotopic (exact) mass is 306 g/mol. The molecule has 0 rings (SSSR count). The smallest absolute Gasteiger partial charge is 0.113 e. The molecule has 0 unspecified atom stereocenters. The number of rotatable bonds is 10. The molecule has 0 N–H and O–H groups in total. The van der Waals surface area contributed by atoms with E-state index in [9.17, 15) is 4.39 Å². The van der Waals surface area contributed by atoms with Gasteiger partial charge in [-0.15, -0.1) is 0 Å². The molecule has 0 aromatic carbocycles. The van der Waals surface area contributed by atoms with E-state index in [1.54, 1.807) is 0 Å². The van der Waals surface area contributed by atoms with Crippen LogP contribution >= 0.6 is 22.6 Å². The zero-order valence-corrected chi connectivity index (χ0v) is 9.80. The molecule has 0 bridgehead atoms. The quantitative estimate of drug-likeness (QED) is 0.347. The van der Waals surface area contributed by atoms with Crippen molar-refractivity contribution < 1.29 is 18.6 Å². The Kier molecular flexibility index (Phi) is 13.1. The maximum atomic E-state index is 11.5. The second kappa shape index (κ2) is 12.5. The van der Waals surface area contributed by atoms with Gasteiger partial charge in [-0.25, -0.2) is 4.39 Å². The van der Waals surface area contributed by atoms with Crippen molar-refractivity contribution in [3.05, 3.63) is 0 Å². The summed E-state index contributed by atoms with van der Waals surface area (Å²) < 4.78 is 27.7. The Morgan fingerprint density at radius 2 is 1.23 bits per heavy atom. The maximum Gasteiger partial charge on any atom is 0.113 e. The summed E-state index contributed by atoms with van der Waals surface area (Å²) in [7, 11) is 0. The van der Waals surface area contributed by atoms with E-state index < -0.39 is 6.67 Å². The molecule has 0 saturated heterocycles. The molecule has 80 valence electrons. The molecule has 0 amide bonds. The summed E-state index contributed by atoms with van der Waals surface area (Å²) in [5.41, 5.74) is 0. The topological polar surface area (TPSA) is 27.7 Å². The summed E-state index contributed by atoms with van der Waals surface area (Å²) in [6.45, 7) is 2.65. The Morgan fingerprint density at radius 3 is 1.69 bits per heavy atom. The van der Waals surface area contributed by atoms with E-state index in [0.717, 1.165) is 11.0 Å². The third-order valence-corrected chi connectivity index (χ3v) is 1.63. The third-order valence-electron chi connectivity index (χ3n) is 1.19. The highest BCUT2D eigenvalue weighted by Gasteiger charge is 1.90. The van der Waals surface area contributed by atoms with Gasteiger partial charge in [-0.05, 0) is 0 Å². The first-order chi connectivity index (χ1) is 6.41. The van der Waals surface area contributed by atoms with E-state index in [1.807, 2.05) is 0 Å². The van der Waals surface area contributed by atoms with Crippen LogP contribution in [-0.2, 0) is 14.2 Å². The average Bonchev–Trinajstić information content (AvgIpc) is 2.16. The van der Waals surface area contributed by atoms with Crippen molar-refractivity contribution in [3.8, 4) is 0 Å². The van der Waals surface area contributed by atoms with Crippen LogP contribution in [0.3, 0.4) is 0 Å². The van der Waals surface area contributed by atoms with Crippen LogP contribution in [0.25, 0.3) is 0 Å². The van der Waals surface area contributed by atoms with Crippen LogP contribution in [0.4, 0.5) is 4.39 Å². The molecule has 0 heterocycles. The molecule has 5 heteroatoms. The Labute approximate surface area is 92.1 Å². The molecule has 0 aliphatic rings. The van der Waals surface area contributed by atoms with Gasteiger partial charge in [0.1, 0.15) is 6.67 Å². The summed E-state index contributed by atoms with van der Waals surface area (Å²) in [5.74, 6) is 0. The van der Waals surface area contributed by atoms with Crippen LogP contribution in [0.15, 0.2) is 0 Å². The second-order valence-electron chi connectivity index (χ2n) is 2.22. The lowest BCUT2D eigenvalue weighted by Crippen LogP contribution is -2.10. The molecule has 13 heavy (non-hydrogen) atoms. The molecule has 0 aliphatic heterocycles. The summed E-state index contributed by atoms with van der Waals surface area (Å²) >= 11 is 2.25. The van der Waals surface area contributed by atoms with Gasteiger partial charge in [0, 0.05) is 4.43 Å². The van der Waals surface area contributed by atoms with E-state index in [0.29, 0.717) is 26.4 Å². The normalized spacial score (nSPS) is 10.6. The lowest BCUT2D eigenvalue weighted by Gasteiger charge is -2.04. The number of ether oxygens (including phenoxy) is 3. The van der Waals surface area contributed by atoms with Crippen LogP contribution in [0.2, 0.25) is 0 Å². The molecule has 0 spiro atoms. The molecule has 0 atom stereocenters. The largest absolute Gasteiger partial charge is 0.378 e. The van der Waals surface area contributed by atoms with E-state index in [2.05, 4.69) is 22.6 Å². The van der Waals surface area contributed by atoms with Crippen molar-refractivity contribution in [1.29, 1.82) is 0 Å². The summed E-state index contributed by atoms with van der Waals surface area (Å²) in [5, 5.41) is 0. The SMILES string of the molecule is FCCOCCOCCOCCI. The van der Waals surface area contributed by atoms with Gasteiger partial charge in [-0.1, -0.05) is 22.6 Å². The predicted molar refractivity (Wildman–Crippen MR) is 57.3 cm³/mol. The van der Waals surface area contributed by atoms with Crippen molar-refractivity contribution in [3.63, 3.8) is 0 Å². The minimum absolute atomic E-state index is 0.161. The zero-order valence-electron chi connectivity index (χ0n) is 7.64. The van der Waals surface area contributed by atoms with Crippen molar-refractivity contribution >= 4 is 22.6 Å². The van der Waals surface area contributed by atoms with Crippen LogP contribution < -0.4 is 0 Å². The number of halogens is 2. The summed E-state index contributed by atoms with van der Waals surface area (Å²) in [6.07, 6.45) is 0. The first-order valence-corrected chi connectivity index (χ1v) is 5.79. The molecular weight excluding hydrogens is 290 g/mol. The lowest BCUT2D eigenvalue weighted by atomic mass is 10.7. The molecule has 0 aliphatic carbocycles. The summed E-state index contributed by atoms with van der Waals surface area (Å²) in [6, 6.07) is 0. The van der Waals surface area contributed by atoms with Gasteiger partial charge < -0.3 is 14.2 Å². The van der Waals surface area contributed by atoms with Crippen LogP contribution in [0, 0.1) is 0 Å². The fourth-order valence-electron chi connectivity index (χ4n) is 0.651. The molecular formula is C8H16FIO3. The fourth-order valence-corrected chi connectivity index (χ4v) is 0.962. The van der Waals surface area contributed by atoms with E-state index in [-0.39, 0.29) is 6.61 Å². The van der Waals surface area contributed by atoms with Crippen LogP contribution in [0.5, 0.6) is 0 Å². The van der Waals surface area contributed by atoms with Crippen molar-refractivity contribution in [2.24, 2.45) is 0 Å². The highest BCUT2D eigenvalue weighted by molar-refractivity contribution is 14.1. The third kappa shape index (κ3) is 12.5. The maximum absolute atomic E-state index is 11.5. The van der Waals surface area contributed by atoms with E-state index >= 15 is 0 Å². The van der Waals surface area contributed by atoms with Gasteiger partial charge in [-0.2, -0.15) is 0 Å². The van der Waals surface area contributed by atoms with Crippen LogP contribution in [-0.4, -0.2) is 50.7 Å². The Balaban J connectivity index is 2.76. The Morgan fingerprint density at radius 1 is 0.769 bits per heavy atom. The van der Waals surface area contributed by atoms with Crippen molar-refractivity contribution in [1.82, 2.24) is 0 Å². The fraction of sp³-hybridized carbons (Fsp3) is 1.00. The first kappa shape index (κ1) is 13.5. The lowest BCUT2D eigenvalue weighted by molar-refractivity contribution is 0.0152. The van der Waals surface area contributed by atoms with Crippen molar-refractivity contribution in [2.45, 2.75) is 0 Å². The zero-order chi connectivity index (χ0) is 9.78. The Bertz CT molecular complexity index is 85.5. The highest BCUT2D eigenvalue weighted by atomic mass is 127.